The van der Waals surface area contributed by atoms with Crippen molar-refractivity contribution in [3.8, 4) is 0 Å². The van der Waals surface area contributed by atoms with Crippen molar-refractivity contribution in [2.75, 3.05) is 0 Å². The summed E-state index contributed by atoms with van der Waals surface area (Å²) in [6, 6.07) is 0. The summed E-state index contributed by atoms with van der Waals surface area (Å²) >= 11 is 0. The van der Waals surface area contributed by atoms with E-state index in [4.69, 9.17) is 9.47 Å². The highest BCUT2D eigenvalue weighted by atomic mass is 16.6. The summed E-state index contributed by atoms with van der Waals surface area (Å²) in [5, 5.41) is 0. The van der Waals surface area contributed by atoms with Crippen molar-refractivity contribution in [3.05, 3.63) is 12.2 Å². The zero-order valence-electron chi connectivity index (χ0n) is 9.51. The minimum Gasteiger partial charge on any atom is -0.458 e. The van der Waals surface area contributed by atoms with Gasteiger partial charge in [0.15, 0.2) is 0 Å². The maximum atomic E-state index is 11.0. The van der Waals surface area contributed by atoms with Crippen LogP contribution in [0.15, 0.2) is 12.2 Å². The van der Waals surface area contributed by atoms with Crippen LogP contribution >= 0.6 is 0 Å². The first-order chi connectivity index (χ1) is 7.58. The molecule has 0 aromatic carbocycles. The van der Waals surface area contributed by atoms with Crippen LogP contribution in [0.1, 0.15) is 26.7 Å². The molecule has 4 heteroatoms. The van der Waals surface area contributed by atoms with Crippen LogP contribution in [0.25, 0.3) is 0 Å². The van der Waals surface area contributed by atoms with Crippen LogP contribution in [0, 0.1) is 11.8 Å². The van der Waals surface area contributed by atoms with Gasteiger partial charge in [0, 0.05) is 25.7 Å². The molecule has 0 saturated heterocycles. The number of fused-ring (bicyclic) bond motifs is 2. The summed E-state index contributed by atoms with van der Waals surface area (Å²) in [6.45, 7) is 2.77. The molecule has 3 rings (SSSR count). The molecular formula is C12H16O4. The fraction of sp³-hybridized carbons (Fsp3) is 0.667. The number of esters is 2. The van der Waals surface area contributed by atoms with Crippen LogP contribution in [-0.4, -0.2) is 24.1 Å². The highest BCUT2D eigenvalue weighted by molar-refractivity contribution is 5.67. The minimum absolute atomic E-state index is 0.193. The highest BCUT2D eigenvalue weighted by Crippen LogP contribution is 2.39. The zero-order valence-corrected chi connectivity index (χ0v) is 9.51. The second-order valence-electron chi connectivity index (χ2n) is 4.44. The molecule has 0 unspecified atom stereocenters. The van der Waals surface area contributed by atoms with E-state index in [1.54, 1.807) is 0 Å². The third-order valence-electron chi connectivity index (χ3n) is 3.21. The Labute approximate surface area is 94.6 Å². The van der Waals surface area contributed by atoms with Crippen LogP contribution in [0.2, 0.25) is 0 Å². The minimum atomic E-state index is -0.317. The lowest BCUT2D eigenvalue weighted by molar-refractivity contribution is -0.177. The molecule has 0 heterocycles. The van der Waals surface area contributed by atoms with E-state index in [0.29, 0.717) is 0 Å². The molecule has 0 spiro atoms. The van der Waals surface area contributed by atoms with Gasteiger partial charge in [-0.05, 0) is 12.8 Å². The van der Waals surface area contributed by atoms with E-state index in [9.17, 15) is 9.59 Å². The predicted molar refractivity (Wildman–Crippen MR) is 56.5 cm³/mol. The Kier molecular flexibility index (Phi) is 2.99. The van der Waals surface area contributed by atoms with Gasteiger partial charge in [-0.3, -0.25) is 9.59 Å². The van der Waals surface area contributed by atoms with Gasteiger partial charge in [-0.25, -0.2) is 0 Å². The van der Waals surface area contributed by atoms with E-state index in [-0.39, 0.29) is 36.0 Å². The second-order valence-corrected chi connectivity index (χ2v) is 4.44. The van der Waals surface area contributed by atoms with E-state index in [2.05, 4.69) is 12.2 Å². The van der Waals surface area contributed by atoms with Crippen LogP contribution in [-0.2, 0) is 19.1 Å². The van der Waals surface area contributed by atoms with Gasteiger partial charge in [0.25, 0.3) is 0 Å². The molecule has 1 saturated carbocycles. The van der Waals surface area contributed by atoms with E-state index >= 15 is 0 Å². The average Bonchev–Trinajstić information content (AvgIpc) is 2.22. The Morgan fingerprint density at radius 3 is 1.56 bits per heavy atom. The molecule has 0 aromatic heterocycles. The molecule has 0 N–H and O–H groups in total. The molecule has 0 aliphatic heterocycles. The van der Waals surface area contributed by atoms with Crippen LogP contribution in [0.4, 0.5) is 0 Å². The molecule has 2 bridgehead atoms. The van der Waals surface area contributed by atoms with Crippen molar-refractivity contribution in [1.82, 2.24) is 0 Å². The van der Waals surface area contributed by atoms with Crippen LogP contribution in [0.5, 0.6) is 0 Å². The van der Waals surface area contributed by atoms with Crippen molar-refractivity contribution in [1.29, 1.82) is 0 Å². The Morgan fingerprint density at radius 1 is 0.938 bits per heavy atom. The Hall–Kier alpha value is -1.32. The molecule has 88 valence electrons. The van der Waals surface area contributed by atoms with Gasteiger partial charge in [0.2, 0.25) is 0 Å². The van der Waals surface area contributed by atoms with Crippen molar-refractivity contribution < 1.29 is 19.1 Å². The quantitative estimate of drug-likeness (QED) is 0.526. The third-order valence-corrected chi connectivity index (χ3v) is 3.21. The maximum Gasteiger partial charge on any atom is 0.303 e. The van der Waals surface area contributed by atoms with E-state index in [1.165, 1.54) is 13.8 Å². The largest absolute Gasteiger partial charge is 0.458 e. The first-order valence-corrected chi connectivity index (χ1v) is 5.60. The van der Waals surface area contributed by atoms with Gasteiger partial charge in [-0.2, -0.15) is 0 Å². The standard InChI is InChI=1S/C12H16O4/c1-7(13)15-11-9-3-5-10(6-4-9)12(11)16-8(2)14/h3,5,9-12H,4,6H2,1-2H3/t9-,10+,11+,12-. The van der Waals surface area contributed by atoms with Gasteiger partial charge in [0.1, 0.15) is 12.2 Å². The molecule has 0 radical (unpaired) electrons. The summed E-state index contributed by atoms with van der Waals surface area (Å²) in [5.41, 5.74) is 0. The predicted octanol–water partition coefficient (Wildman–Crippen LogP) is 1.45. The maximum absolute atomic E-state index is 11.0. The SMILES string of the molecule is CC(=O)O[C@@H]1[C@H](OC(C)=O)[C@H]2C=C[C@@H]1CC2. The molecule has 0 amide bonds. The zero-order chi connectivity index (χ0) is 11.7. The molecular weight excluding hydrogens is 208 g/mol. The average molecular weight is 224 g/mol. The normalized spacial score (nSPS) is 35.9. The van der Waals surface area contributed by atoms with Crippen LogP contribution in [0.3, 0.4) is 0 Å². The first kappa shape index (κ1) is 11.2. The fourth-order valence-corrected chi connectivity index (χ4v) is 2.59. The highest BCUT2D eigenvalue weighted by Gasteiger charge is 2.44. The number of hydrogen-bond donors (Lipinski definition) is 0. The number of rotatable bonds is 2. The smallest absolute Gasteiger partial charge is 0.303 e. The summed E-state index contributed by atoms with van der Waals surface area (Å²) in [6.07, 6.45) is 5.53. The van der Waals surface area contributed by atoms with Gasteiger partial charge >= 0.3 is 11.9 Å². The van der Waals surface area contributed by atoms with E-state index in [1.807, 2.05) is 0 Å². The molecule has 16 heavy (non-hydrogen) atoms. The summed E-state index contributed by atoms with van der Waals surface area (Å²) in [7, 11) is 0. The summed E-state index contributed by atoms with van der Waals surface area (Å²) < 4.78 is 10.5. The summed E-state index contributed by atoms with van der Waals surface area (Å²) in [4.78, 5) is 22.1. The molecule has 3 aliphatic carbocycles. The third kappa shape index (κ3) is 2.10. The van der Waals surface area contributed by atoms with Crippen molar-refractivity contribution in [3.63, 3.8) is 0 Å². The summed E-state index contributed by atoms with van der Waals surface area (Å²) in [5.74, 6) is -0.247. The lowest BCUT2D eigenvalue weighted by Gasteiger charge is -2.42. The number of carbonyl (C=O) groups excluding carboxylic acids is 2. The molecule has 0 aromatic rings. The number of hydrogen-bond acceptors (Lipinski definition) is 4. The van der Waals surface area contributed by atoms with Crippen molar-refractivity contribution >= 4 is 11.9 Å². The number of ether oxygens (including phenoxy) is 2. The van der Waals surface area contributed by atoms with Crippen LogP contribution < -0.4 is 0 Å². The lowest BCUT2D eigenvalue weighted by atomic mass is 9.72. The molecule has 4 atom stereocenters. The van der Waals surface area contributed by atoms with E-state index in [0.717, 1.165) is 12.8 Å². The molecule has 4 nitrogen and oxygen atoms in total. The second kappa shape index (κ2) is 4.28. The van der Waals surface area contributed by atoms with Crippen molar-refractivity contribution in [2.45, 2.75) is 38.9 Å². The monoisotopic (exact) mass is 224 g/mol. The molecule has 1 fully saturated rings. The van der Waals surface area contributed by atoms with Gasteiger partial charge in [-0.15, -0.1) is 0 Å². The Morgan fingerprint density at radius 2 is 1.31 bits per heavy atom. The Bertz CT molecular complexity index is 302. The van der Waals surface area contributed by atoms with Gasteiger partial charge in [-0.1, -0.05) is 12.2 Å². The van der Waals surface area contributed by atoms with Gasteiger partial charge < -0.3 is 9.47 Å². The lowest BCUT2D eigenvalue weighted by Crippen LogP contribution is -2.49. The van der Waals surface area contributed by atoms with E-state index < -0.39 is 0 Å². The Balaban J connectivity index is 2.15. The van der Waals surface area contributed by atoms with Crippen molar-refractivity contribution in [2.24, 2.45) is 11.8 Å². The molecule has 3 aliphatic rings. The first-order valence-electron chi connectivity index (χ1n) is 5.60. The fourth-order valence-electron chi connectivity index (χ4n) is 2.59. The topological polar surface area (TPSA) is 52.6 Å². The number of carbonyl (C=O) groups is 2. The van der Waals surface area contributed by atoms with Gasteiger partial charge in [0.05, 0.1) is 0 Å².